The van der Waals surface area contributed by atoms with Crippen molar-refractivity contribution in [2.45, 2.75) is 58.7 Å². The Labute approximate surface area is 138 Å². The van der Waals surface area contributed by atoms with Crippen LogP contribution in [-0.4, -0.2) is 67.1 Å². The Morgan fingerprint density at radius 3 is 2.57 bits per heavy atom. The zero-order valence-corrected chi connectivity index (χ0v) is 14.5. The summed E-state index contributed by atoms with van der Waals surface area (Å²) in [6, 6.07) is -0.666. The number of carbonyl (C=O) groups is 1. The fourth-order valence-corrected chi connectivity index (χ4v) is 2.47. The van der Waals surface area contributed by atoms with Crippen molar-refractivity contribution in [3.8, 4) is 0 Å². The summed E-state index contributed by atoms with van der Waals surface area (Å²) in [4.78, 5) is 11.3. The Balaban J connectivity index is 2.48. The summed E-state index contributed by atoms with van der Waals surface area (Å²) in [6.07, 6.45) is -1.20. The molecule has 1 fully saturated rings. The number of ether oxygens (including phenoxy) is 3. The Kier molecular flexibility index (Phi) is 9.01. The molecule has 0 spiro atoms. The predicted molar refractivity (Wildman–Crippen MR) is 84.7 cm³/mol. The molecule has 0 aromatic rings. The molecule has 5 atom stereocenters. The largest absolute Gasteiger partial charge is 0.394 e. The van der Waals surface area contributed by atoms with Gasteiger partial charge in [0.2, 0.25) is 5.91 Å². The van der Waals surface area contributed by atoms with Crippen LogP contribution in [0.1, 0.15) is 34.1 Å². The van der Waals surface area contributed by atoms with Crippen LogP contribution in [0, 0.1) is 11.8 Å². The number of aliphatic hydroxyl groups excluding tert-OH is 2. The van der Waals surface area contributed by atoms with E-state index >= 15 is 0 Å². The molecule has 0 bridgehead atoms. The van der Waals surface area contributed by atoms with E-state index in [4.69, 9.17) is 14.2 Å². The van der Waals surface area contributed by atoms with Crippen molar-refractivity contribution >= 4 is 5.91 Å². The average Bonchev–Trinajstić information content (AvgIpc) is 2.48. The molecule has 1 unspecified atom stereocenters. The monoisotopic (exact) mass is 333 g/mol. The molecule has 1 saturated heterocycles. The molecule has 7 heteroatoms. The number of nitrogens with one attached hydrogen (secondary N) is 1. The zero-order chi connectivity index (χ0) is 17.4. The lowest BCUT2D eigenvalue weighted by Gasteiger charge is -2.43. The molecule has 0 aliphatic carbocycles. The van der Waals surface area contributed by atoms with E-state index in [0.29, 0.717) is 19.1 Å². The van der Waals surface area contributed by atoms with Crippen LogP contribution >= 0.6 is 0 Å². The van der Waals surface area contributed by atoms with Crippen LogP contribution in [0.25, 0.3) is 0 Å². The van der Waals surface area contributed by atoms with Gasteiger partial charge in [-0.2, -0.15) is 0 Å². The van der Waals surface area contributed by atoms with Gasteiger partial charge in [-0.25, -0.2) is 0 Å². The molecule has 7 nitrogen and oxygen atoms in total. The van der Waals surface area contributed by atoms with E-state index in [9.17, 15) is 15.0 Å². The second kappa shape index (κ2) is 10.2. The van der Waals surface area contributed by atoms with Gasteiger partial charge in [-0.3, -0.25) is 4.79 Å². The van der Waals surface area contributed by atoms with Crippen LogP contribution < -0.4 is 5.32 Å². The van der Waals surface area contributed by atoms with E-state index in [2.05, 4.69) is 19.2 Å². The molecular formula is C16H31NO6. The van der Waals surface area contributed by atoms with Crippen LogP contribution in [0.5, 0.6) is 0 Å². The molecule has 0 radical (unpaired) electrons. The number of hydrogen-bond donors (Lipinski definition) is 3. The Bertz CT molecular complexity index is 351. The van der Waals surface area contributed by atoms with E-state index in [1.54, 1.807) is 6.92 Å². The van der Waals surface area contributed by atoms with Crippen LogP contribution in [0.2, 0.25) is 0 Å². The van der Waals surface area contributed by atoms with Crippen molar-refractivity contribution in [2.24, 2.45) is 11.8 Å². The number of aliphatic hydroxyl groups is 2. The molecule has 3 N–H and O–H groups in total. The SMILES string of the molecule is CC(=O)N[C@@H]1C(OCCOCCC(C)C)O[C@@H](CO)[C@@H](C)[C@H]1O. The van der Waals surface area contributed by atoms with Gasteiger partial charge in [0.15, 0.2) is 6.29 Å². The van der Waals surface area contributed by atoms with Gasteiger partial charge in [0.25, 0.3) is 0 Å². The van der Waals surface area contributed by atoms with Gasteiger partial charge in [0, 0.05) is 19.4 Å². The summed E-state index contributed by atoms with van der Waals surface area (Å²) >= 11 is 0. The summed E-state index contributed by atoms with van der Waals surface area (Å²) in [7, 11) is 0. The van der Waals surface area contributed by atoms with Gasteiger partial charge < -0.3 is 29.7 Å². The molecule has 0 aromatic carbocycles. The minimum absolute atomic E-state index is 0.213. The second-order valence-electron chi connectivity index (χ2n) is 6.47. The van der Waals surface area contributed by atoms with Crippen molar-refractivity contribution in [2.75, 3.05) is 26.4 Å². The lowest BCUT2D eigenvalue weighted by molar-refractivity contribution is -0.257. The van der Waals surface area contributed by atoms with Crippen molar-refractivity contribution in [3.05, 3.63) is 0 Å². The maximum Gasteiger partial charge on any atom is 0.217 e. The first-order valence-electron chi connectivity index (χ1n) is 8.27. The Morgan fingerprint density at radius 2 is 2.00 bits per heavy atom. The molecular weight excluding hydrogens is 302 g/mol. The maximum absolute atomic E-state index is 11.3. The van der Waals surface area contributed by atoms with E-state index < -0.39 is 24.5 Å². The fourth-order valence-electron chi connectivity index (χ4n) is 2.47. The smallest absolute Gasteiger partial charge is 0.217 e. The first kappa shape index (κ1) is 20.3. The minimum atomic E-state index is -0.850. The topological polar surface area (TPSA) is 97.3 Å². The first-order valence-corrected chi connectivity index (χ1v) is 8.27. The molecule has 0 saturated carbocycles. The summed E-state index contributed by atoms with van der Waals surface area (Å²) in [5.74, 6) is 0.0109. The molecule has 1 aliphatic heterocycles. The summed E-state index contributed by atoms with van der Waals surface area (Å²) in [5, 5.41) is 22.4. The van der Waals surface area contributed by atoms with E-state index in [1.807, 2.05) is 0 Å². The number of amides is 1. The highest BCUT2D eigenvalue weighted by atomic mass is 16.7. The Morgan fingerprint density at radius 1 is 1.30 bits per heavy atom. The van der Waals surface area contributed by atoms with Crippen LogP contribution in [0.4, 0.5) is 0 Å². The second-order valence-corrected chi connectivity index (χ2v) is 6.47. The van der Waals surface area contributed by atoms with Crippen LogP contribution in [0.3, 0.4) is 0 Å². The predicted octanol–water partition coefficient (Wildman–Crippen LogP) is 0.285. The van der Waals surface area contributed by atoms with Crippen molar-refractivity contribution in [1.29, 1.82) is 0 Å². The lowest BCUT2D eigenvalue weighted by Crippen LogP contribution is -2.61. The summed E-state index contributed by atoms with van der Waals surface area (Å²) in [5.41, 5.74) is 0. The number of rotatable bonds is 9. The molecule has 1 heterocycles. The van der Waals surface area contributed by atoms with Gasteiger partial charge in [-0.05, 0) is 12.3 Å². The standard InChI is InChI=1S/C16H31NO6/c1-10(2)5-6-21-7-8-22-16-14(17-12(4)19)15(20)11(3)13(9-18)23-16/h10-11,13-16,18,20H,5-9H2,1-4H3,(H,17,19)/t11-,13+,14+,15-,16?/m1/s1. The highest BCUT2D eigenvalue weighted by Crippen LogP contribution is 2.26. The van der Waals surface area contributed by atoms with Crippen LogP contribution in [0.15, 0.2) is 0 Å². The average molecular weight is 333 g/mol. The van der Waals surface area contributed by atoms with E-state index in [1.165, 1.54) is 6.92 Å². The van der Waals surface area contributed by atoms with E-state index in [0.717, 1.165) is 6.42 Å². The molecule has 1 rings (SSSR count). The number of hydrogen-bond acceptors (Lipinski definition) is 6. The third-order valence-electron chi connectivity index (χ3n) is 3.99. The minimum Gasteiger partial charge on any atom is -0.394 e. The summed E-state index contributed by atoms with van der Waals surface area (Å²) < 4.78 is 16.8. The summed E-state index contributed by atoms with van der Waals surface area (Å²) in [6.45, 7) is 8.56. The van der Waals surface area contributed by atoms with Gasteiger partial charge in [0.05, 0.1) is 32.0 Å². The third kappa shape index (κ3) is 6.73. The molecule has 1 aliphatic rings. The van der Waals surface area contributed by atoms with Gasteiger partial charge in [-0.1, -0.05) is 20.8 Å². The normalized spacial score (nSPS) is 31.3. The first-order chi connectivity index (χ1) is 10.9. The fraction of sp³-hybridized carbons (Fsp3) is 0.938. The van der Waals surface area contributed by atoms with Crippen LogP contribution in [-0.2, 0) is 19.0 Å². The highest BCUT2D eigenvalue weighted by Gasteiger charge is 2.43. The van der Waals surface area contributed by atoms with Crippen molar-refractivity contribution in [1.82, 2.24) is 5.32 Å². The third-order valence-corrected chi connectivity index (χ3v) is 3.99. The van der Waals surface area contributed by atoms with Gasteiger partial charge in [0.1, 0.15) is 6.04 Å². The maximum atomic E-state index is 11.3. The van der Waals surface area contributed by atoms with Crippen molar-refractivity contribution in [3.63, 3.8) is 0 Å². The highest BCUT2D eigenvalue weighted by molar-refractivity contribution is 5.73. The molecule has 0 aromatic heterocycles. The molecule has 1 amide bonds. The van der Waals surface area contributed by atoms with E-state index in [-0.39, 0.29) is 25.0 Å². The Hall–Kier alpha value is -0.730. The quantitative estimate of drug-likeness (QED) is 0.525. The number of carbonyl (C=O) groups excluding carboxylic acids is 1. The lowest BCUT2D eigenvalue weighted by atomic mass is 9.89. The zero-order valence-electron chi connectivity index (χ0n) is 14.5. The molecule has 136 valence electrons. The van der Waals surface area contributed by atoms with Gasteiger partial charge >= 0.3 is 0 Å². The van der Waals surface area contributed by atoms with Gasteiger partial charge in [-0.15, -0.1) is 0 Å². The molecule has 23 heavy (non-hydrogen) atoms. The van der Waals surface area contributed by atoms with Crippen molar-refractivity contribution < 1.29 is 29.2 Å².